The lowest BCUT2D eigenvalue weighted by atomic mass is 10.1. The first-order valence-electron chi connectivity index (χ1n) is 4.28. The molecule has 0 unspecified atom stereocenters. The van der Waals surface area contributed by atoms with E-state index in [4.69, 9.17) is 0 Å². The van der Waals surface area contributed by atoms with Crippen LogP contribution in [0.1, 0.15) is 5.56 Å². The molecular weight excluding hydrogens is 217 g/mol. The lowest BCUT2D eigenvalue weighted by Gasteiger charge is -2.07. The summed E-state index contributed by atoms with van der Waals surface area (Å²) < 4.78 is 23.3. The number of nitrogens with one attached hydrogen (secondary N) is 1. The van der Waals surface area contributed by atoms with Crippen LogP contribution in [-0.2, 0) is 22.5 Å². The highest BCUT2D eigenvalue weighted by atomic mass is 32.1. The lowest BCUT2D eigenvalue weighted by molar-refractivity contribution is -0.102. The minimum absolute atomic E-state index is 0.165. The zero-order chi connectivity index (χ0) is 11.3. The third kappa shape index (κ3) is 2.99. The largest absolute Gasteiger partial charge is 0.388 e. The molecule has 0 heterocycles. The van der Waals surface area contributed by atoms with Gasteiger partial charge in [-0.1, -0.05) is 6.07 Å². The van der Waals surface area contributed by atoms with Crippen LogP contribution < -0.4 is 5.32 Å². The van der Waals surface area contributed by atoms with Crippen molar-refractivity contribution in [2.45, 2.75) is 6.42 Å². The highest BCUT2D eigenvalue weighted by Crippen LogP contribution is 2.17. The van der Waals surface area contributed by atoms with Gasteiger partial charge in [-0.15, -0.1) is 0 Å². The van der Waals surface area contributed by atoms with Gasteiger partial charge in [0.15, 0.2) is 6.29 Å². The molecule has 3 nitrogen and oxygen atoms in total. The Morgan fingerprint density at radius 2 is 2.33 bits per heavy atom. The van der Waals surface area contributed by atoms with Gasteiger partial charge in [0.25, 0.3) is 0 Å². The Kier molecular flexibility index (Phi) is 4.17. The predicted molar refractivity (Wildman–Crippen MR) is 58.9 cm³/mol. The fourth-order valence-electron chi connectivity index (χ4n) is 1.21. The topological polar surface area (TPSA) is 46.2 Å². The molecule has 1 aromatic rings. The molecule has 0 saturated carbocycles. The summed E-state index contributed by atoms with van der Waals surface area (Å²) >= 11 is 0.165. The third-order valence-corrected chi connectivity index (χ3v) is 2.40. The Morgan fingerprint density at radius 1 is 1.60 bits per heavy atom. The van der Waals surface area contributed by atoms with Crippen LogP contribution in [0.25, 0.3) is 0 Å². The summed E-state index contributed by atoms with van der Waals surface area (Å²) in [6.07, 6.45) is 0.759. The molecule has 0 aromatic heterocycles. The second-order valence-electron chi connectivity index (χ2n) is 2.90. The average Bonchev–Trinajstić information content (AvgIpc) is 2.27. The van der Waals surface area contributed by atoms with Crippen molar-refractivity contribution in [2.24, 2.45) is 0 Å². The van der Waals surface area contributed by atoms with Gasteiger partial charge in [-0.2, -0.15) is 0 Å². The van der Waals surface area contributed by atoms with Crippen molar-refractivity contribution in [1.29, 1.82) is 0 Å². The molecule has 1 rings (SSSR count). The fourth-order valence-corrected chi connectivity index (χ4v) is 1.47. The standard InChI is InChI=1S/C10H10FNO2S/c1-12-10-5-8(11)3-2-7(10)4-9(6-13)15-14/h2-3,5-6,12H,4H2,1H3. The molecule has 0 fully saturated rings. The molecule has 0 radical (unpaired) electrons. The van der Waals surface area contributed by atoms with Crippen LogP contribution in [0.2, 0.25) is 0 Å². The third-order valence-electron chi connectivity index (χ3n) is 1.94. The van der Waals surface area contributed by atoms with Crippen molar-refractivity contribution in [3.05, 3.63) is 29.6 Å². The number of benzene rings is 1. The van der Waals surface area contributed by atoms with Crippen molar-refractivity contribution in [3.63, 3.8) is 0 Å². The number of hydrogen-bond acceptors (Lipinski definition) is 3. The van der Waals surface area contributed by atoms with E-state index in [0.29, 0.717) is 12.0 Å². The molecule has 0 bridgehead atoms. The van der Waals surface area contributed by atoms with E-state index < -0.39 is 0 Å². The normalized spacial score (nSPS) is 9.47. The maximum absolute atomic E-state index is 12.9. The van der Waals surface area contributed by atoms with E-state index in [0.717, 1.165) is 5.56 Å². The van der Waals surface area contributed by atoms with Crippen molar-refractivity contribution in [3.8, 4) is 0 Å². The molecule has 0 aliphatic heterocycles. The number of hydrogen-bond donors (Lipinski definition) is 1. The van der Waals surface area contributed by atoms with Crippen molar-refractivity contribution >= 4 is 28.1 Å². The zero-order valence-electron chi connectivity index (χ0n) is 8.12. The van der Waals surface area contributed by atoms with E-state index in [1.54, 1.807) is 13.1 Å². The summed E-state index contributed by atoms with van der Waals surface area (Å²) in [5.41, 5.74) is 1.31. The minimum Gasteiger partial charge on any atom is -0.388 e. The number of rotatable bonds is 4. The molecule has 0 spiro atoms. The quantitative estimate of drug-likeness (QED) is 0.616. The number of carbonyl (C=O) groups excluding carboxylic acids is 1. The summed E-state index contributed by atoms with van der Waals surface area (Å²) in [5.74, 6) is -0.356. The first-order chi connectivity index (χ1) is 7.21. The van der Waals surface area contributed by atoms with Crippen LogP contribution in [0.5, 0.6) is 0 Å². The second kappa shape index (κ2) is 5.41. The van der Waals surface area contributed by atoms with Crippen LogP contribution in [0, 0.1) is 5.82 Å². The molecule has 1 N–H and O–H groups in total. The van der Waals surface area contributed by atoms with Crippen molar-refractivity contribution in [1.82, 2.24) is 0 Å². The van der Waals surface area contributed by atoms with Crippen LogP contribution >= 0.6 is 0 Å². The molecule has 0 atom stereocenters. The SMILES string of the molecule is CNc1cc(F)ccc1CC(C=O)=S=O. The molecule has 15 heavy (non-hydrogen) atoms. The van der Waals surface area contributed by atoms with Gasteiger partial charge in [-0.3, -0.25) is 4.79 Å². The minimum atomic E-state index is -0.356. The first kappa shape index (κ1) is 11.6. The maximum atomic E-state index is 12.9. The van der Waals surface area contributed by atoms with Crippen LogP contribution in [0.15, 0.2) is 18.2 Å². The van der Waals surface area contributed by atoms with Gasteiger partial charge in [0, 0.05) is 19.2 Å². The van der Waals surface area contributed by atoms with E-state index in [2.05, 4.69) is 5.32 Å². The van der Waals surface area contributed by atoms with Gasteiger partial charge in [0.1, 0.15) is 5.82 Å². The van der Waals surface area contributed by atoms with Gasteiger partial charge < -0.3 is 5.32 Å². The van der Waals surface area contributed by atoms with E-state index in [9.17, 15) is 13.4 Å². The predicted octanol–water partition coefficient (Wildman–Crippen LogP) is 0.994. The number of halogens is 1. The van der Waals surface area contributed by atoms with E-state index in [1.807, 2.05) is 0 Å². The average molecular weight is 227 g/mol. The molecule has 0 amide bonds. The summed E-state index contributed by atoms with van der Waals surface area (Å²) in [4.78, 5) is 10.6. The molecule has 0 saturated heterocycles. The van der Waals surface area contributed by atoms with E-state index in [1.165, 1.54) is 12.1 Å². The van der Waals surface area contributed by atoms with Crippen LogP contribution in [0.3, 0.4) is 0 Å². The van der Waals surface area contributed by atoms with E-state index >= 15 is 0 Å². The Labute approximate surface area is 90.4 Å². The maximum Gasteiger partial charge on any atom is 0.159 e. The number of anilines is 1. The van der Waals surface area contributed by atoms with Crippen LogP contribution in [0.4, 0.5) is 10.1 Å². The smallest absolute Gasteiger partial charge is 0.159 e. The van der Waals surface area contributed by atoms with Gasteiger partial charge in [0.05, 0.1) is 16.1 Å². The molecule has 1 aromatic carbocycles. The Hall–Kier alpha value is -1.49. The first-order valence-corrected chi connectivity index (χ1v) is 5.02. The monoisotopic (exact) mass is 227 g/mol. The van der Waals surface area contributed by atoms with Crippen molar-refractivity contribution < 1.29 is 13.4 Å². The summed E-state index contributed by atoms with van der Waals surface area (Å²) in [5, 5.41) is 2.81. The number of aldehydes is 1. The summed E-state index contributed by atoms with van der Waals surface area (Å²) in [6.45, 7) is 0. The Balaban J connectivity index is 3.04. The Morgan fingerprint density at radius 3 is 2.87 bits per heavy atom. The highest BCUT2D eigenvalue weighted by molar-refractivity contribution is 7.68. The second-order valence-corrected chi connectivity index (χ2v) is 3.59. The molecule has 5 heteroatoms. The summed E-state index contributed by atoms with van der Waals surface area (Å²) in [6, 6.07) is 4.18. The highest BCUT2D eigenvalue weighted by Gasteiger charge is 2.05. The molecular formula is C10H10FNO2S. The molecule has 0 aliphatic rings. The summed E-state index contributed by atoms with van der Waals surface area (Å²) in [7, 11) is 1.66. The van der Waals surface area contributed by atoms with Gasteiger partial charge in [-0.25, -0.2) is 8.60 Å². The lowest BCUT2D eigenvalue weighted by Crippen LogP contribution is -2.06. The van der Waals surface area contributed by atoms with Gasteiger partial charge in [0.2, 0.25) is 0 Å². The molecule has 0 aliphatic carbocycles. The fraction of sp³-hybridized carbons (Fsp3) is 0.200. The molecule has 80 valence electrons. The van der Waals surface area contributed by atoms with Gasteiger partial charge >= 0.3 is 0 Å². The zero-order valence-corrected chi connectivity index (χ0v) is 8.94. The number of carbonyl (C=O) groups is 1. The van der Waals surface area contributed by atoms with Gasteiger partial charge in [-0.05, 0) is 17.7 Å². The van der Waals surface area contributed by atoms with Crippen molar-refractivity contribution in [2.75, 3.05) is 12.4 Å². The Bertz CT molecular complexity index is 427. The van der Waals surface area contributed by atoms with Crippen LogP contribution in [-0.4, -0.2) is 22.4 Å². The van der Waals surface area contributed by atoms with E-state index in [-0.39, 0.29) is 28.4 Å².